The second-order valence-corrected chi connectivity index (χ2v) is 5.27. The number of amides is 1. The average Bonchev–Trinajstić information content (AvgIpc) is 3.10. The highest BCUT2D eigenvalue weighted by Crippen LogP contribution is 2.18. The van der Waals surface area contributed by atoms with Crippen molar-refractivity contribution in [3.63, 3.8) is 0 Å². The van der Waals surface area contributed by atoms with E-state index in [1.54, 1.807) is 18.3 Å². The smallest absolute Gasteiger partial charge is 0.257 e. The van der Waals surface area contributed by atoms with Crippen molar-refractivity contribution in [2.75, 3.05) is 18.4 Å². The molecule has 2 aromatic rings. The summed E-state index contributed by atoms with van der Waals surface area (Å²) in [6, 6.07) is 7.55. The summed E-state index contributed by atoms with van der Waals surface area (Å²) >= 11 is 0. The van der Waals surface area contributed by atoms with E-state index in [1.807, 2.05) is 17.0 Å². The second-order valence-electron chi connectivity index (χ2n) is 5.27. The summed E-state index contributed by atoms with van der Waals surface area (Å²) in [6.45, 7) is 1.43. The number of rotatable bonds is 3. The van der Waals surface area contributed by atoms with Crippen LogP contribution in [0.4, 0.5) is 5.69 Å². The predicted molar refractivity (Wildman–Crippen MR) is 80.2 cm³/mol. The SMILES string of the molecule is N#Cc1ccc(NC2CCN(C(=O)c3ccoc3)CC2)cn1. The van der Waals surface area contributed by atoms with E-state index in [4.69, 9.17) is 9.68 Å². The van der Waals surface area contributed by atoms with Crippen molar-refractivity contribution >= 4 is 11.6 Å². The van der Waals surface area contributed by atoms with Crippen LogP contribution in [0.2, 0.25) is 0 Å². The number of hydrogen-bond donors (Lipinski definition) is 1. The lowest BCUT2D eigenvalue weighted by molar-refractivity contribution is 0.0718. The fraction of sp³-hybridized carbons (Fsp3) is 0.312. The van der Waals surface area contributed by atoms with E-state index in [9.17, 15) is 4.79 Å². The molecule has 1 saturated heterocycles. The van der Waals surface area contributed by atoms with Crippen LogP contribution in [0.3, 0.4) is 0 Å². The maximum absolute atomic E-state index is 12.2. The van der Waals surface area contributed by atoms with E-state index in [-0.39, 0.29) is 5.91 Å². The molecule has 1 amide bonds. The number of likely N-dealkylation sites (tertiary alicyclic amines) is 1. The Labute approximate surface area is 128 Å². The van der Waals surface area contributed by atoms with E-state index < -0.39 is 0 Å². The van der Waals surface area contributed by atoms with Gasteiger partial charge in [0.05, 0.1) is 23.7 Å². The first kappa shape index (κ1) is 14.1. The molecule has 0 bridgehead atoms. The van der Waals surface area contributed by atoms with E-state index in [0.717, 1.165) is 18.5 Å². The summed E-state index contributed by atoms with van der Waals surface area (Å²) in [5.74, 6) is 0.0206. The number of pyridine rings is 1. The Kier molecular flexibility index (Phi) is 4.05. The number of hydrogen-bond acceptors (Lipinski definition) is 5. The topological polar surface area (TPSA) is 82.2 Å². The van der Waals surface area contributed by atoms with E-state index in [2.05, 4.69) is 10.3 Å². The molecule has 3 rings (SSSR count). The summed E-state index contributed by atoms with van der Waals surface area (Å²) in [5.41, 5.74) is 1.91. The van der Waals surface area contributed by atoms with Gasteiger partial charge in [0.25, 0.3) is 5.91 Å². The number of carbonyl (C=O) groups excluding carboxylic acids is 1. The van der Waals surface area contributed by atoms with Crippen molar-refractivity contribution in [3.8, 4) is 6.07 Å². The van der Waals surface area contributed by atoms with Gasteiger partial charge in [-0.1, -0.05) is 0 Å². The highest BCUT2D eigenvalue weighted by atomic mass is 16.3. The van der Waals surface area contributed by atoms with Gasteiger partial charge in [-0.3, -0.25) is 4.79 Å². The van der Waals surface area contributed by atoms with Crippen molar-refractivity contribution in [1.82, 2.24) is 9.88 Å². The summed E-state index contributed by atoms with van der Waals surface area (Å²) in [4.78, 5) is 18.1. The van der Waals surface area contributed by atoms with Crippen molar-refractivity contribution in [1.29, 1.82) is 5.26 Å². The van der Waals surface area contributed by atoms with Gasteiger partial charge in [0, 0.05) is 19.1 Å². The summed E-state index contributed by atoms with van der Waals surface area (Å²) in [6.07, 6.45) is 6.42. The van der Waals surface area contributed by atoms with Crippen molar-refractivity contribution in [3.05, 3.63) is 48.2 Å². The quantitative estimate of drug-likeness (QED) is 0.939. The third-order valence-electron chi connectivity index (χ3n) is 3.80. The zero-order chi connectivity index (χ0) is 15.4. The molecular weight excluding hydrogens is 280 g/mol. The largest absolute Gasteiger partial charge is 0.472 e. The molecule has 0 unspecified atom stereocenters. The number of aromatic nitrogens is 1. The Bertz CT molecular complexity index is 665. The Hall–Kier alpha value is -2.81. The molecule has 0 atom stereocenters. The number of nitriles is 1. The van der Waals surface area contributed by atoms with Gasteiger partial charge in [-0.05, 0) is 31.0 Å². The van der Waals surface area contributed by atoms with Crippen molar-refractivity contribution < 1.29 is 9.21 Å². The van der Waals surface area contributed by atoms with Gasteiger partial charge in [0.1, 0.15) is 18.0 Å². The van der Waals surface area contributed by atoms with E-state index >= 15 is 0 Å². The Morgan fingerprint density at radius 2 is 2.18 bits per heavy atom. The van der Waals surface area contributed by atoms with Gasteiger partial charge in [0.15, 0.2) is 0 Å². The van der Waals surface area contributed by atoms with Gasteiger partial charge in [-0.25, -0.2) is 4.98 Å². The molecule has 0 spiro atoms. The minimum Gasteiger partial charge on any atom is -0.472 e. The fourth-order valence-electron chi connectivity index (χ4n) is 2.58. The van der Waals surface area contributed by atoms with Crippen LogP contribution in [0.5, 0.6) is 0 Å². The van der Waals surface area contributed by atoms with Gasteiger partial charge < -0.3 is 14.6 Å². The Morgan fingerprint density at radius 1 is 1.36 bits per heavy atom. The summed E-state index contributed by atoms with van der Waals surface area (Å²) in [5, 5.41) is 12.1. The molecule has 6 nitrogen and oxygen atoms in total. The van der Waals surface area contributed by atoms with Gasteiger partial charge >= 0.3 is 0 Å². The molecular formula is C16H16N4O2. The standard InChI is InChI=1S/C16H16N4O2/c17-9-14-1-2-15(10-18-14)19-13-3-6-20(7-4-13)16(21)12-5-8-22-11-12/h1-2,5,8,10-11,13,19H,3-4,6-7H2. The zero-order valence-electron chi connectivity index (χ0n) is 12.0. The molecule has 1 aliphatic heterocycles. The molecule has 1 fully saturated rings. The predicted octanol–water partition coefficient (Wildman–Crippen LogP) is 2.26. The first-order valence-corrected chi connectivity index (χ1v) is 7.20. The molecule has 112 valence electrons. The van der Waals surface area contributed by atoms with Crippen LogP contribution in [0, 0.1) is 11.3 Å². The minimum absolute atomic E-state index is 0.0206. The van der Waals surface area contributed by atoms with Crippen molar-refractivity contribution in [2.24, 2.45) is 0 Å². The Morgan fingerprint density at radius 3 is 2.77 bits per heavy atom. The molecule has 0 aromatic carbocycles. The second kappa shape index (κ2) is 6.31. The number of anilines is 1. The van der Waals surface area contributed by atoms with Crippen LogP contribution < -0.4 is 5.32 Å². The minimum atomic E-state index is 0.0206. The number of piperidine rings is 1. The molecule has 0 aliphatic carbocycles. The van der Waals surface area contributed by atoms with Crippen LogP contribution in [0.1, 0.15) is 28.9 Å². The number of nitrogens with one attached hydrogen (secondary N) is 1. The lowest BCUT2D eigenvalue weighted by Crippen LogP contribution is -2.42. The number of nitrogens with zero attached hydrogens (tertiary/aromatic N) is 3. The number of carbonyl (C=O) groups is 1. The molecule has 0 saturated carbocycles. The third kappa shape index (κ3) is 3.09. The summed E-state index contributed by atoms with van der Waals surface area (Å²) < 4.78 is 4.96. The Balaban J connectivity index is 1.53. The van der Waals surface area contributed by atoms with Gasteiger partial charge in [0.2, 0.25) is 0 Å². The molecule has 3 heterocycles. The fourth-order valence-corrected chi connectivity index (χ4v) is 2.58. The highest BCUT2D eigenvalue weighted by Gasteiger charge is 2.24. The first-order chi connectivity index (χ1) is 10.8. The molecule has 2 aromatic heterocycles. The van der Waals surface area contributed by atoms with Crippen LogP contribution in [0.15, 0.2) is 41.3 Å². The van der Waals surface area contributed by atoms with Crippen LogP contribution in [-0.4, -0.2) is 34.9 Å². The molecule has 22 heavy (non-hydrogen) atoms. The van der Waals surface area contributed by atoms with E-state index in [0.29, 0.717) is 30.4 Å². The zero-order valence-corrected chi connectivity index (χ0v) is 12.0. The first-order valence-electron chi connectivity index (χ1n) is 7.20. The highest BCUT2D eigenvalue weighted by molar-refractivity contribution is 5.93. The van der Waals surface area contributed by atoms with Crippen LogP contribution in [-0.2, 0) is 0 Å². The lowest BCUT2D eigenvalue weighted by atomic mass is 10.0. The molecule has 6 heteroatoms. The van der Waals surface area contributed by atoms with Crippen LogP contribution >= 0.6 is 0 Å². The van der Waals surface area contributed by atoms with Crippen LogP contribution in [0.25, 0.3) is 0 Å². The molecule has 1 aliphatic rings. The van der Waals surface area contributed by atoms with Gasteiger partial charge in [-0.15, -0.1) is 0 Å². The van der Waals surface area contributed by atoms with Crippen molar-refractivity contribution in [2.45, 2.75) is 18.9 Å². The monoisotopic (exact) mass is 296 g/mol. The average molecular weight is 296 g/mol. The normalized spacial score (nSPS) is 15.3. The maximum atomic E-state index is 12.2. The van der Waals surface area contributed by atoms with E-state index in [1.165, 1.54) is 12.5 Å². The van der Waals surface area contributed by atoms with Gasteiger partial charge in [-0.2, -0.15) is 5.26 Å². The number of furan rings is 1. The maximum Gasteiger partial charge on any atom is 0.257 e. The third-order valence-corrected chi connectivity index (χ3v) is 3.80. The molecule has 1 N–H and O–H groups in total. The molecule has 0 radical (unpaired) electrons. The lowest BCUT2D eigenvalue weighted by Gasteiger charge is -2.32. The summed E-state index contributed by atoms with van der Waals surface area (Å²) in [7, 11) is 0.